The zero-order valence-corrected chi connectivity index (χ0v) is 56.8. The number of carboxylic acids is 1. The number of rotatable bonds is 8. The maximum atomic E-state index is 12.6. The van der Waals surface area contributed by atoms with Crippen LogP contribution in [0.1, 0.15) is 112 Å². The lowest BCUT2D eigenvalue weighted by molar-refractivity contribution is -0.198. The molecule has 2 aromatic rings. The number of ether oxygens (including phenoxy) is 1. The third-order valence-corrected chi connectivity index (χ3v) is 15.2. The molecule has 7 aliphatic heterocycles. The van der Waals surface area contributed by atoms with Crippen molar-refractivity contribution in [3.8, 4) is 155 Å². The highest BCUT2D eigenvalue weighted by Crippen LogP contribution is 2.39. The van der Waals surface area contributed by atoms with Crippen LogP contribution < -0.4 is 5.32 Å². The van der Waals surface area contributed by atoms with Crippen molar-refractivity contribution in [2.24, 2.45) is 5.41 Å². The summed E-state index contributed by atoms with van der Waals surface area (Å²) in [5.41, 5.74) is 1.35. The number of hydrogen-bond acceptors (Lipinski definition) is 17. The molecule has 7 fully saturated rings. The number of carbonyl (C=O) groups excluding carboxylic acids is 10. The highest BCUT2D eigenvalue weighted by atomic mass is 19.4. The van der Waals surface area contributed by atoms with E-state index in [0.29, 0.717) is 48.5 Å². The lowest BCUT2D eigenvalue weighted by Gasteiger charge is -2.37. The van der Waals surface area contributed by atoms with Gasteiger partial charge in [0.25, 0.3) is 47.3 Å². The lowest BCUT2D eigenvalue weighted by atomic mass is 9.78. The summed E-state index contributed by atoms with van der Waals surface area (Å²) in [5.74, 6) is 51.8. The smallest absolute Gasteiger partial charge is 0.475 e. The quantitative estimate of drug-likeness (QED) is 0.270. The van der Waals surface area contributed by atoms with E-state index in [1.54, 1.807) is 17.0 Å². The van der Waals surface area contributed by atoms with Crippen LogP contribution in [0.3, 0.4) is 0 Å². The summed E-state index contributed by atoms with van der Waals surface area (Å²) in [4.78, 5) is 146. The lowest BCUT2D eigenvalue weighted by Crippen LogP contribution is -2.50. The van der Waals surface area contributed by atoms with Crippen molar-refractivity contribution in [3.63, 3.8) is 0 Å². The molecule has 2 aromatic carbocycles. The average Bonchev–Trinajstić information content (AvgIpc) is 1.65. The molecule has 9 rings (SSSR count). The summed E-state index contributed by atoms with van der Waals surface area (Å²) >= 11 is 0. The fraction of sp³-hybridized carbons (Fsp3) is 0.364. The van der Waals surface area contributed by atoms with E-state index in [0.717, 1.165) is 31.7 Å². The van der Waals surface area contributed by atoms with Crippen molar-refractivity contribution >= 4 is 65.5 Å². The number of hydrogen-bond donors (Lipinski definition) is 2. The third-order valence-electron chi connectivity index (χ3n) is 15.2. The second kappa shape index (κ2) is 44.7. The highest BCUT2D eigenvalue weighted by molar-refractivity contribution is 6.03. The Labute approximate surface area is 600 Å². The molecule has 0 saturated carbocycles. The molecule has 532 valence electrons. The van der Waals surface area contributed by atoms with E-state index in [-0.39, 0.29) is 67.2 Å². The van der Waals surface area contributed by atoms with Gasteiger partial charge in [-0.15, -0.1) is 17.9 Å². The van der Waals surface area contributed by atoms with Gasteiger partial charge in [0.1, 0.15) is 6.73 Å². The normalized spacial score (nSPS) is 15.5. The number of hydroxylamine groups is 6. The number of terminal acetylenes is 2. The summed E-state index contributed by atoms with van der Waals surface area (Å²) in [6.07, 6.45) is 7.11. The fourth-order valence-electron chi connectivity index (χ4n) is 9.83. The van der Waals surface area contributed by atoms with Gasteiger partial charge in [-0.25, -0.2) is 9.59 Å². The van der Waals surface area contributed by atoms with E-state index in [4.69, 9.17) is 32.3 Å². The highest BCUT2D eigenvalue weighted by Gasteiger charge is 2.46. The molecule has 0 unspecified atom stereocenters. The Morgan fingerprint density at radius 1 is 0.481 bits per heavy atom. The molecule has 7 heterocycles. The van der Waals surface area contributed by atoms with E-state index < -0.39 is 65.4 Å². The number of nitrogens with one attached hydrogen (secondary N) is 1. The minimum Gasteiger partial charge on any atom is -0.475 e. The second-order valence-corrected chi connectivity index (χ2v) is 21.9. The molecule has 0 radical (unpaired) electrons. The van der Waals surface area contributed by atoms with Crippen molar-refractivity contribution < 1.29 is 90.3 Å². The summed E-state index contributed by atoms with van der Waals surface area (Å²) in [6, 6.07) is 18.7. The largest absolute Gasteiger partial charge is 0.560 e. The molecule has 0 aliphatic carbocycles. The van der Waals surface area contributed by atoms with Gasteiger partial charge in [0.05, 0.1) is 12.1 Å². The van der Waals surface area contributed by atoms with Crippen LogP contribution in [0, 0.1) is 160 Å². The zero-order chi connectivity index (χ0) is 76.2. The van der Waals surface area contributed by atoms with Crippen LogP contribution in [0.5, 0.6) is 0 Å². The van der Waals surface area contributed by atoms with Crippen molar-refractivity contribution in [1.29, 1.82) is 0 Å². The predicted molar refractivity (Wildman–Crippen MR) is 366 cm³/mol. The molecule has 7 saturated heterocycles. The Balaban J connectivity index is 0.000000279. The van der Waals surface area contributed by atoms with Crippen LogP contribution in [-0.4, -0.2) is 189 Å². The first-order valence-corrected chi connectivity index (χ1v) is 31.9. The third kappa shape index (κ3) is 29.3. The van der Waals surface area contributed by atoms with Gasteiger partial charge in [-0.3, -0.25) is 48.0 Å². The average molecular weight is 1420 g/mol. The van der Waals surface area contributed by atoms with E-state index in [1.165, 1.54) is 43.8 Å². The van der Waals surface area contributed by atoms with Gasteiger partial charge in [0.15, 0.2) is 0 Å². The minimum atomic E-state index is -5.08. The van der Waals surface area contributed by atoms with Crippen molar-refractivity contribution in [2.75, 3.05) is 72.2 Å². The standard InChI is InChI=1S/C26H2.C19H21N3O6.C15H20N2O.C9H8N2O7.C6H15N.C2HF3O2/c1-3-5-7-9-11-13-15-17-19-21-23-25-26-24-22-20-18-16-14-12-10-8-6-4-2;23-15-6-7-16(24)22(15)28-18(26)20-10-8-19(9-11-20)12-21(13-27-19)17(25)14-4-2-1-3-5-14;18-14(13-4-2-1-3-5-13)17-11-8-15(12-17)6-9-16-10-7-15;12-5-1-2-6(13)10(5)17-9(16)18-11-7(14)3-4-8(11)15;1-4-7(5-2)6-3;3-2(4,5)1(6)7/h1-2H;1-5H,6-13H2;1-5,16H,6-12H2;1-4H2;4-6H2,1-3H3;(H,6,7). The summed E-state index contributed by atoms with van der Waals surface area (Å²) in [7, 11) is 0. The first kappa shape index (κ1) is 83.2. The monoisotopic (exact) mass is 1420 g/mol. The molecule has 0 bridgehead atoms. The summed E-state index contributed by atoms with van der Waals surface area (Å²) < 4.78 is 37.7. The molecule has 7 aliphatic rings. The van der Waals surface area contributed by atoms with Gasteiger partial charge in [-0.1, -0.05) is 67.3 Å². The van der Waals surface area contributed by atoms with Crippen LogP contribution in [0.15, 0.2) is 60.7 Å². The van der Waals surface area contributed by atoms with Gasteiger partial charge in [-0.05, 0) is 189 Å². The van der Waals surface area contributed by atoms with Crippen molar-refractivity contribution in [2.45, 2.75) is 103 Å². The zero-order valence-electron chi connectivity index (χ0n) is 56.8. The summed E-state index contributed by atoms with van der Waals surface area (Å²) in [6.45, 7) is 15.6. The number of halogens is 3. The molecule has 24 nitrogen and oxygen atoms in total. The van der Waals surface area contributed by atoms with Crippen LogP contribution in [0.25, 0.3) is 0 Å². The van der Waals surface area contributed by atoms with E-state index in [1.807, 2.05) is 53.4 Å². The van der Waals surface area contributed by atoms with E-state index in [2.05, 4.69) is 183 Å². The topological polar surface area (TPSA) is 280 Å². The number of piperidine rings is 2. The maximum absolute atomic E-state index is 12.6. The van der Waals surface area contributed by atoms with Gasteiger partial charge in [-0.2, -0.15) is 18.0 Å². The predicted octanol–water partition coefficient (Wildman–Crippen LogP) is 4.59. The molecule has 0 atom stereocenters. The number of likely N-dealkylation sites (tertiary alicyclic amines) is 2. The van der Waals surface area contributed by atoms with Crippen LogP contribution in [-0.2, 0) is 52.8 Å². The van der Waals surface area contributed by atoms with Crippen LogP contribution in [0.2, 0.25) is 0 Å². The minimum absolute atomic E-state index is 0.0618. The number of nitrogens with zero attached hydrogens (tertiary/aromatic N) is 7. The second-order valence-electron chi connectivity index (χ2n) is 21.9. The number of imide groups is 3. The van der Waals surface area contributed by atoms with Gasteiger partial charge in [0.2, 0.25) is 0 Å². The van der Waals surface area contributed by atoms with E-state index >= 15 is 0 Å². The molecule has 9 amide bonds. The summed E-state index contributed by atoms with van der Waals surface area (Å²) in [5, 5.41) is 11.6. The Morgan fingerprint density at radius 2 is 0.798 bits per heavy atom. The number of carbonyl (C=O) groups is 11. The first-order valence-electron chi connectivity index (χ1n) is 31.9. The number of amides is 9. The van der Waals surface area contributed by atoms with Crippen LogP contribution >= 0.6 is 0 Å². The Morgan fingerprint density at radius 3 is 1.12 bits per heavy atom. The van der Waals surface area contributed by atoms with Gasteiger partial charge >= 0.3 is 24.4 Å². The molecular weight excluding hydrogens is 1350 g/mol. The molecule has 104 heavy (non-hydrogen) atoms. The van der Waals surface area contributed by atoms with Crippen molar-refractivity contribution in [3.05, 3.63) is 71.8 Å². The Hall–Kier alpha value is -13.2. The van der Waals surface area contributed by atoms with E-state index in [9.17, 15) is 61.1 Å². The number of aliphatic carboxylic acids is 1. The molecular formula is C77H67F3N8O16. The molecule has 2 N–H and O–H groups in total. The van der Waals surface area contributed by atoms with Gasteiger partial charge in [0, 0.05) is 123 Å². The number of benzene rings is 2. The van der Waals surface area contributed by atoms with Gasteiger partial charge < -0.3 is 39.6 Å². The fourth-order valence-corrected chi connectivity index (χ4v) is 9.83. The first-order chi connectivity index (χ1) is 50.0. The number of alkyl halides is 3. The maximum Gasteiger partial charge on any atom is 0.560 e. The van der Waals surface area contributed by atoms with Crippen molar-refractivity contribution in [1.82, 2.24) is 40.1 Å². The number of carboxylic acid groups (broad SMARTS) is 1. The van der Waals surface area contributed by atoms with Crippen LogP contribution in [0.4, 0.5) is 22.8 Å². The SMILES string of the molecule is C#CC#CC#CC#CC#CC#CC#CC#CC#CC#CC#CC#CC#C.CCN(CC)CC.O=C(O)C(F)(F)F.O=C(ON1C(=O)CCC1=O)N1CCC2(CC1)CN(C(=O)c1ccccc1)CO2.O=C(ON1C(=O)CCC1=O)ON1C(=O)CCC1=O.O=C(c1ccccc1)N1CCC2(CCNCC2)C1. The molecule has 0 aromatic heterocycles. The molecule has 27 heteroatoms. The Kier molecular flexibility index (Phi) is 35.8. The molecule has 2 spiro atoms. The Bertz CT molecular complexity index is 4170.